The van der Waals surface area contributed by atoms with Crippen LogP contribution < -0.4 is 0 Å². The molecule has 5 heteroatoms. The lowest BCUT2D eigenvalue weighted by molar-refractivity contribution is 0.105. The molecule has 64 valence electrons. The summed E-state index contributed by atoms with van der Waals surface area (Å²) in [5, 5.41) is 6.38. The smallest absolute Gasteiger partial charge is 0.214 e. The minimum Gasteiger partial charge on any atom is -0.370 e. The van der Waals surface area contributed by atoms with Crippen LogP contribution in [0.15, 0.2) is 0 Å². The maximum Gasteiger partial charge on any atom is 0.214 e. The van der Waals surface area contributed by atoms with E-state index in [-0.39, 0.29) is 11.9 Å². The second-order valence-electron chi connectivity index (χ2n) is 2.70. The molecular weight excluding hydrogens is 158 g/mol. The van der Waals surface area contributed by atoms with E-state index in [0.717, 1.165) is 19.4 Å². The lowest BCUT2D eigenvalue weighted by atomic mass is 10.2. The van der Waals surface area contributed by atoms with Crippen LogP contribution in [0.1, 0.15) is 35.4 Å². The SMILES string of the molecule is O=Cc1n[nH]c(C2CCCO2)n1. The van der Waals surface area contributed by atoms with Gasteiger partial charge >= 0.3 is 0 Å². The van der Waals surface area contributed by atoms with Gasteiger partial charge in [0.05, 0.1) is 0 Å². The second kappa shape index (κ2) is 3.02. The van der Waals surface area contributed by atoms with Crippen molar-refractivity contribution in [2.75, 3.05) is 6.61 Å². The fraction of sp³-hybridized carbons (Fsp3) is 0.571. The average Bonchev–Trinajstić information content (AvgIpc) is 2.75. The molecule has 1 unspecified atom stereocenters. The highest BCUT2D eigenvalue weighted by atomic mass is 16.5. The van der Waals surface area contributed by atoms with Gasteiger partial charge in [-0.05, 0) is 12.8 Å². The molecule has 0 bridgehead atoms. The van der Waals surface area contributed by atoms with Crippen molar-refractivity contribution in [1.82, 2.24) is 15.2 Å². The summed E-state index contributed by atoms with van der Waals surface area (Å²) in [6.07, 6.45) is 2.62. The fourth-order valence-electron chi connectivity index (χ4n) is 1.28. The molecule has 1 fully saturated rings. The Bertz CT molecular complexity index is 278. The number of ether oxygens (including phenoxy) is 1. The zero-order valence-corrected chi connectivity index (χ0v) is 6.49. The van der Waals surface area contributed by atoms with Gasteiger partial charge < -0.3 is 4.74 Å². The maximum atomic E-state index is 10.2. The summed E-state index contributed by atoms with van der Waals surface area (Å²) in [6.45, 7) is 0.766. The van der Waals surface area contributed by atoms with Crippen LogP contribution in [0.25, 0.3) is 0 Å². The van der Waals surface area contributed by atoms with Gasteiger partial charge in [-0.15, -0.1) is 0 Å². The standard InChI is InChI=1S/C7H9N3O2/c11-4-6-8-7(10-9-6)5-2-1-3-12-5/h4-5H,1-3H2,(H,8,9,10). The molecule has 0 aliphatic carbocycles. The Morgan fingerprint density at radius 1 is 1.67 bits per heavy atom. The summed E-state index contributed by atoms with van der Waals surface area (Å²) in [5.41, 5.74) is 0. The Labute approximate surface area is 69.1 Å². The van der Waals surface area contributed by atoms with Crippen LogP contribution in [0, 0.1) is 0 Å². The van der Waals surface area contributed by atoms with Crippen LogP contribution in [-0.4, -0.2) is 28.1 Å². The van der Waals surface area contributed by atoms with Gasteiger partial charge in [-0.25, -0.2) is 4.98 Å². The van der Waals surface area contributed by atoms with Crippen molar-refractivity contribution < 1.29 is 9.53 Å². The van der Waals surface area contributed by atoms with Crippen molar-refractivity contribution in [3.63, 3.8) is 0 Å². The van der Waals surface area contributed by atoms with Crippen LogP contribution in [0.3, 0.4) is 0 Å². The van der Waals surface area contributed by atoms with E-state index in [1.807, 2.05) is 0 Å². The van der Waals surface area contributed by atoms with Crippen LogP contribution >= 0.6 is 0 Å². The summed E-state index contributed by atoms with van der Waals surface area (Å²) < 4.78 is 5.35. The molecule has 0 saturated carbocycles. The molecule has 1 aliphatic rings. The van der Waals surface area contributed by atoms with Gasteiger partial charge in [-0.3, -0.25) is 9.89 Å². The molecular formula is C7H9N3O2. The van der Waals surface area contributed by atoms with E-state index < -0.39 is 0 Å². The van der Waals surface area contributed by atoms with E-state index >= 15 is 0 Å². The lowest BCUT2D eigenvalue weighted by Crippen LogP contribution is -1.98. The minimum absolute atomic E-state index is 0.00574. The first-order chi connectivity index (χ1) is 5.90. The summed E-state index contributed by atoms with van der Waals surface area (Å²) in [5.74, 6) is 0.857. The first-order valence-corrected chi connectivity index (χ1v) is 3.89. The minimum atomic E-state index is 0.00574. The molecule has 1 aliphatic heterocycles. The Morgan fingerprint density at radius 3 is 3.17 bits per heavy atom. The number of carbonyl (C=O) groups is 1. The molecule has 2 heterocycles. The van der Waals surface area contributed by atoms with E-state index in [1.54, 1.807) is 0 Å². The van der Waals surface area contributed by atoms with Crippen molar-refractivity contribution in [2.45, 2.75) is 18.9 Å². The molecule has 1 aromatic rings. The first kappa shape index (κ1) is 7.42. The zero-order chi connectivity index (χ0) is 8.39. The number of carbonyl (C=O) groups excluding carboxylic acids is 1. The number of nitrogens with zero attached hydrogens (tertiary/aromatic N) is 2. The predicted molar refractivity (Wildman–Crippen MR) is 39.7 cm³/mol. The Balaban J connectivity index is 2.16. The normalized spacial score (nSPS) is 22.8. The number of H-pyrrole nitrogens is 1. The number of aromatic amines is 1. The third-order valence-electron chi connectivity index (χ3n) is 1.86. The third kappa shape index (κ3) is 1.23. The van der Waals surface area contributed by atoms with E-state index in [2.05, 4.69) is 15.2 Å². The van der Waals surface area contributed by atoms with Crippen LogP contribution in [-0.2, 0) is 4.74 Å². The van der Waals surface area contributed by atoms with Gasteiger partial charge in [0.25, 0.3) is 0 Å². The Hall–Kier alpha value is -1.23. The Morgan fingerprint density at radius 2 is 2.58 bits per heavy atom. The molecule has 0 spiro atoms. The highest BCUT2D eigenvalue weighted by molar-refractivity contribution is 5.68. The molecule has 2 rings (SSSR count). The number of aldehydes is 1. The number of hydrogen-bond acceptors (Lipinski definition) is 4. The van der Waals surface area contributed by atoms with Crippen molar-refractivity contribution in [3.05, 3.63) is 11.6 Å². The summed E-state index contributed by atoms with van der Waals surface area (Å²) in [4.78, 5) is 14.2. The van der Waals surface area contributed by atoms with Crippen LogP contribution in [0.4, 0.5) is 0 Å². The molecule has 0 radical (unpaired) electrons. The number of hydrogen-bond donors (Lipinski definition) is 1. The third-order valence-corrected chi connectivity index (χ3v) is 1.86. The van der Waals surface area contributed by atoms with Crippen LogP contribution in [0.2, 0.25) is 0 Å². The summed E-state index contributed by atoms with van der Waals surface area (Å²) in [7, 11) is 0. The first-order valence-electron chi connectivity index (χ1n) is 3.89. The quantitative estimate of drug-likeness (QED) is 0.650. The molecule has 0 aromatic carbocycles. The monoisotopic (exact) mass is 167 g/mol. The van der Waals surface area contributed by atoms with Gasteiger partial charge in [-0.2, -0.15) is 5.10 Å². The van der Waals surface area contributed by atoms with Gasteiger partial charge in [0.15, 0.2) is 12.1 Å². The van der Waals surface area contributed by atoms with Gasteiger partial charge in [0, 0.05) is 6.61 Å². The fourth-order valence-corrected chi connectivity index (χ4v) is 1.28. The topological polar surface area (TPSA) is 67.9 Å². The zero-order valence-electron chi connectivity index (χ0n) is 6.49. The average molecular weight is 167 g/mol. The maximum absolute atomic E-state index is 10.2. The highest BCUT2D eigenvalue weighted by Gasteiger charge is 2.20. The van der Waals surface area contributed by atoms with E-state index in [0.29, 0.717) is 12.1 Å². The summed E-state index contributed by atoms with van der Waals surface area (Å²) >= 11 is 0. The Kier molecular flexibility index (Phi) is 1.87. The van der Waals surface area contributed by atoms with Crippen molar-refractivity contribution in [2.24, 2.45) is 0 Å². The van der Waals surface area contributed by atoms with Crippen molar-refractivity contribution in [1.29, 1.82) is 0 Å². The van der Waals surface area contributed by atoms with E-state index in [4.69, 9.17) is 4.74 Å². The number of rotatable bonds is 2. The van der Waals surface area contributed by atoms with Gasteiger partial charge in [0.2, 0.25) is 5.82 Å². The molecule has 0 amide bonds. The predicted octanol–water partition coefficient (Wildman–Crippen LogP) is 0.469. The van der Waals surface area contributed by atoms with Crippen molar-refractivity contribution >= 4 is 6.29 Å². The largest absolute Gasteiger partial charge is 0.370 e. The molecule has 5 nitrogen and oxygen atoms in total. The lowest BCUT2D eigenvalue weighted by Gasteiger charge is -2.02. The van der Waals surface area contributed by atoms with Gasteiger partial charge in [-0.1, -0.05) is 0 Å². The van der Waals surface area contributed by atoms with E-state index in [9.17, 15) is 4.79 Å². The highest BCUT2D eigenvalue weighted by Crippen LogP contribution is 2.25. The van der Waals surface area contributed by atoms with E-state index in [1.165, 1.54) is 0 Å². The second-order valence-corrected chi connectivity index (χ2v) is 2.70. The summed E-state index contributed by atoms with van der Waals surface area (Å²) in [6, 6.07) is 0. The molecule has 1 atom stereocenters. The number of nitrogens with one attached hydrogen (secondary N) is 1. The molecule has 1 saturated heterocycles. The molecule has 12 heavy (non-hydrogen) atoms. The van der Waals surface area contributed by atoms with Crippen LogP contribution in [0.5, 0.6) is 0 Å². The molecule has 1 aromatic heterocycles. The van der Waals surface area contributed by atoms with Crippen molar-refractivity contribution in [3.8, 4) is 0 Å². The molecule has 1 N–H and O–H groups in total. The van der Waals surface area contributed by atoms with Gasteiger partial charge in [0.1, 0.15) is 6.10 Å². The number of aromatic nitrogens is 3.